The van der Waals surface area contributed by atoms with Gasteiger partial charge < -0.3 is 4.74 Å². The molecule has 0 aromatic heterocycles. The van der Waals surface area contributed by atoms with Crippen molar-refractivity contribution in [1.29, 1.82) is 0 Å². The zero-order valence-electron chi connectivity index (χ0n) is 10.5. The van der Waals surface area contributed by atoms with Gasteiger partial charge in [-0.25, -0.2) is 0 Å². The van der Waals surface area contributed by atoms with Crippen molar-refractivity contribution in [2.75, 3.05) is 7.11 Å². The first-order valence-corrected chi connectivity index (χ1v) is 7.55. The highest BCUT2D eigenvalue weighted by atomic mass is 127. The summed E-state index contributed by atoms with van der Waals surface area (Å²) in [5.74, 6) is 0.560. The fourth-order valence-corrected chi connectivity index (χ4v) is 2.76. The lowest BCUT2D eigenvalue weighted by atomic mass is 10.0. The molecule has 4 heteroatoms. The van der Waals surface area contributed by atoms with Crippen molar-refractivity contribution in [2.45, 2.75) is 6.92 Å². The second-order valence-electron chi connectivity index (χ2n) is 4.11. The van der Waals surface area contributed by atoms with Crippen LogP contribution in [0.4, 0.5) is 0 Å². The number of hydrogen-bond acceptors (Lipinski definition) is 2. The highest BCUT2D eigenvalue weighted by Gasteiger charge is 2.18. The first-order valence-electron chi connectivity index (χ1n) is 5.68. The Bertz CT molecular complexity index is 638. The number of halogens is 2. The number of aryl methyl sites for hydroxylation is 1. The number of carbonyl (C=O) groups is 1. The summed E-state index contributed by atoms with van der Waals surface area (Å²) in [5.41, 5.74) is 2.27. The predicted octanol–water partition coefficient (Wildman–Crippen LogP) is 4.60. The second-order valence-corrected chi connectivity index (χ2v) is 6.15. The van der Waals surface area contributed by atoms with Crippen LogP contribution in [0.25, 0.3) is 0 Å². The normalized spacial score (nSPS) is 10.3. The summed E-state index contributed by atoms with van der Waals surface area (Å²) in [5, 5.41) is 0. The van der Waals surface area contributed by atoms with E-state index in [0.29, 0.717) is 16.9 Å². The van der Waals surface area contributed by atoms with Crippen LogP contribution in [0.5, 0.6) is 5.75 Å². The van der Waals surface area contributed by atoms with Gasteiger partial charge in [-0.15, -0.1) is 0 Å². The maximum Gasteiger partial charge on any atom is 0.197 e. The van der Waals surface area contributed by atoms with E-state index in [1.54, 1.807) is 7.11 Å². The zero-order valence-corrected chi connectivity index (χ0v) is 14.3. The number of rotatable bonds is 3. The van der Waals surface area contributed by atoms with Crippen molar-refractivity contribution in [3.63, 3.8) is 0 Å². The Morgan fingerprint density at radius 2 is 1.95 bits per heavy atom. The van der Waals surface area contributed by atoms with Crippen molar-refractivity contribution in [3.8, 4) is 5.75 Å². The average Bonchev–Trinajstić information content (AvgIpc) is 2.41. The van der Waals surface area contributed by atoms with E-state index in [-0.39, 0.29) is 5.78 Å². The largest absolute Gasteiger partial charge is 0.496 e. The minimum absolute atomic E-state index is 0.0362. The van der Waals surface area contributed by atoms with Crippen LogP contribution >= 0.6 is 38.5 Å². The topological polar surface area (TPSA) is 26.3 Å². The first kappa shape index (κ1) is 14.5. The van der Waals surface area contributed by atoms with E-state index in [9.17, 15) is 4.79 Å². The van der Waals surface area contributed by atoms with Crippen LogP contribution < -0.4 is 4.74 Å². The lowest BCUT2D eigenvalue weighted by molar-refractivity contribution is 0.103. The molecule has 0 unspecified atom stereocenters. The molecule has 0 saturated carbocycles. The van der Waals surface area contributed by atoms with Crippen molar-refractivity contribution in [3.05, 3.63) is 61.1 Å². The van der Waals surface area contributed by atoms with E-state index < -0.39 is 0 Å². The summed E-state index contributed by atoms with van der Waals surface area (Å²) in [6, 6.07) is 11.2. The van der Waals surface area contributed by atoms with E-state index >= 15 is 0 Å². The van der Waals surface area contributed by atoms with Crippen molar-refractivity contribution in [1.82, 2.24) is 0 Å². The summed E-state index contributed by atoms with van der Waals surface area (Å²) in [7, 11) is 1.57. The summed E-state index contributed by atoms with van der Waals surface area (Å²) in [6.07, 6.45) is 0. The Kier molecular flexibility index (Phi) is 4.62. The van der Waals surface area contributed by atoms with Crippen LogP contribution in [0.3, 0.4) is 0 Å². The van der Waals surface area contributed by atoms with E-state index in [0.717, 1.165) is 13.6 Å². The number of ketones is 1. The Morgan fingerprint density at radius 1 is 1.21 bits per heavy atom. The zero-order chi connectivity index (χ0) is 14.0. The van der Waals surface area contributed by atoms with Crippen LogP contribution in [0, 0.1) is 10.5 Å². The molecule has 19 heavy (non-hydrogen) atoms. The number of methoxy groups -OCH3 is 1. The molecule has 0 aliphatic rings. The van der Waals surface area contributed by atoms with E-state index in [1.807, 2.05) is 43.3 Å². The van der Waals surface area contributed by atoms with E-state index in [2.05, 4.69) is 38.5 Å². The van der Waals surface area contributed by atoms with Crippen molar-refractivity contribution in [2.24, 2.45) is 0 Å². The molecule has 98 valence electrons. The highest BCUT2D eigenvalue weighted by Crippen LogP contribution is 2.28. The minimum atomic E-state index is -0.0362. The van der Waals surface area contributed by atoms with Gasteiger partial charge in [-0.2, -0.15) is 0 Å². The fraction of sp³-hybridized carbons (Fsp3) is 0.133. The van der Waals surface area contributed by atoms with Gasteiger partial charge >= 0.3 is 0 Å². The summed E-state index contributed by atoms with van der Waals surface area (Å²) >= 11 is 5.67. The van der Waals surface area contributed by atoms with Crippen molar-refractivity contribution >= 4 is 44.3 Å². The molecular weight excluding hydrogens is 419 g/mol. The van der Waals surface area contributed by atoms with Gasteiger partial charge in [-0.1, -0.05) is 12.1 Å². The fourth-order valence-electron chi connectivity index (χ4n) is 1.83. The van der Waals surface area contributed by atoms with Gasteiger partial charge in [-0.05, 0) is 75.3 Å². The number of ether oxygens (including phenoxy) is 1. The highest BCUT2D eigenvalue weighted by molar-refractivity contribution is 14.1. The van der Waals surface area contributed by atoms with Crippen LogP contribution in [-0.4, -0.2) is 12.9 Å². The SMILES string of the molecule is COc1ccc(I)cc1C(=O)c1cccc(C)c1Br. The second kappa shape index (κ2) is 6.05. The van der Waals surface area contributed by atoms with Gasteiger partial charge in [0.25, 0.3) is 0 Å². The monoisotopic (exact) mass is 430 g/mol. The number of benzene rings is 2. The molecule has 0 heterocycles. The van der Waals surface area contributed by atoms with Gasteiger partial charge in [0.05, 0.1) is 12.7 Å². The average molecular weight is 431 g/mol. The van der Waals surface area contributed by atoms with Gasteiger partial charge in [0.1, 0.15) is 5.75 Å². The molecular formula is C15H12BrIO2. The molecule has 2 aromatic carbocycles. The standard InChI is InChI=1S/C15H12BrIO2/c1-9-4-3-5-11(14(9)16)15(18)12-8-10(17)6-7-13(12)19-2/h3-8H,1-2H3. The molecule has 0 bridgehead atoms. The molecule has 0 radical (unpaired) electrons. The molecule has 2 rings (SSSR count). The van der Waals surface area contributed by atoms with Crippen LogP contribution in [0.15, 0.2) is 40.9 Å². The van der Waals surface area contributed by atoms with Crippen molar-refractivity contribution < 1.29 is 9.53 Å². The Balaban J connectivity index is 2.56. The smallest absolute Gasteiger partial charge is 0.197 e. The third-order valence-electron chi connectivity index (χ3n) is 2.84. The van der Waals surface area contributed by atoms with Gasteiger partial charge in [0, 0.05) is 13.6 Å². The Morgan fingerprint density at radius 3 is 2.63 bits per heavy atom. The molecule has 0 aliphatic heterocycles. The molecule has 0 saturated heterocycles. The Labute approximate surface area is 134 Å². The molecule has 2 nitrogen and oxygen atoms in total. The molecule has 2 aromatic rings. The third-order valence-corrected chi connectivity index (χ3v) is 4.57. The quantitative estimate of drug-likeness (QED) is 0.525. The van der Waals surface area contributed by atoms with Gasteiger partial charge in [-0.3, -0.25) is 4.79 Å². The van der Waals surface area contributed by atoms with Crippen LogP contribution in [0.1, 0.15) is 21.5 Å². The first-order chi connectivity index (χ1) is 9.04. The number of carbonyl (C=O) groups excluding carboxylic acids is 1. The molecule has 0 amide bonds. The lowest BCUT2D eigenvalue weighted by Gasteiger charge is -2.10. The van der Waals surface area contributed by atoms with E-state index in [4.69, 9.17) is 4.74 Å². The molecule has 0 N–H and O–H groups in total. The molecule has 0 spiro atoms. The molecule has 0 atom stereocenters. The maximum absolute atomic E-state index is 12.6. The maximum atomic E-state index is 12.6. The van der Waals surface area contributed by atoms with Gasteiger partial charge in [0.2, 0.25) is 0 Å². The van der Waals surface area contributed by atoms with Gasteiger partial charge in [0.15, 0.2) is 5.78 Å². The van der Waals surface area contributed by atoms with Crippen LogP contribution in [0.2, 0.25) is 0 Å². The Hall–Kier alpha value is -0.880. The molecule has 0 aliphatic carbocycles. The third kappa shape index (κ3) is 3.00. The minimum Gasteiger partial charge on any atom is -0.496 e. The summed E-state index contributed by atoms with van der Waals surface area (Å²) < 4.78 is 7.11. The van der Waals surface area contributed by atoms with E-state index in [1.165, 1.54) is 0 Å². The van der Waals surface area contributed by atoms with Crippen LogP contribution in [-0.2, 0) is 0 Å². The number of hydrogen-bond donors (Lipinski definition) is 0. The predicted molar refractivity (Wildman–Crippen MR) is 88.0 cm³/mol. The summed E-state index contributed by atoms with van der Waals surface area (Å²) in [4.78, 5) is 12.6. The summed E-state index contributed by atoms with van der Waals surface area (Å²) in [6.45, 7) is 1.97. The lowest BCUT2D eigenvalue weighted by Crippen LogP contribution is -2.06. The molecule has 0 fully saturated rings.